The van der Waals surface area contributed by atoms with Gasteiger partial charge in [-0.25, -0.2) is 0 Å². The summed E-state index contributed by atoms with van der Waals surface area (Å²) in [6, 6.07) is 18.0. The van der Waals surface area contributed by atoms with E-state index in [4.69, 9.17) is 20.6 Å². The van der Waals surface area contributed by atoms with Gasteiger partial charge in [0.05, 0.1) is 12.8 Å². The average molecular weight is 545 g/mol. The predicted octanol–water partition coefficient (Wildman–Crippen LogP) is 4.89. The first-order valence-electron chi connectivity index (χ1n) is 11.8. The zero-order chi connectivity index (χ0) is 26.6. The van der Waals surface area contributed by atoms with Crippen molar-refractivity contribution in [2.24, 2.45) is 0 Å². The highest BCUT2D eigenvalue weighted by Crippen LogP contribution is 2.32. The summed E-state index contributed by atoms with van der Waals surface area (Å²) >= 11 is 6.41. The van der Waals surface area contributed by atoms with E-state index in [1.807, 2.05) is 66.2 Å². The number of hydrogen-bond donors (Lipinski definition) is 3. The van der Waals surface area contributed by atoms with Gasteiger partial charge in [0.15, 0.2) is 5.82 Å². The number of fused-ring (bicyclic) bond motifs is 1. The molecule has 1 saturated heterocycles. The molecule has 5 rings (SSSR count). The minimum Gasteiger partial charge on any atom is -0.456 e. The number of aromatic nitrogens is 2. The van der Waals surface area contributed by atoms with E-state index in [-0.39, 0.29) is 11.9 Å². The Morgan fingerprint density at radius 1 is 1.24 bits per heavy atom. The molecule has 1 aliphatic rings. The average Bonchev–Trinajstić information content (AvgIpc) is 3.54. The number of anilines is 1. The van der Waals surface area contributed by atoms with Gasteiger partial charge in [-0.15, -0.1) is 0 Å². The fraction of sp³-hybridized carbons (Fsp3) is 0.308. The van der Waals surface area contributed by atoms with Crippen molar-refractivity contribution in [3.05, 3.63) is 70.9 Å². The fourth-order valence-corrected chi connectivity index (χ4v) is 4.54. The minimum absolute atomic E-state index is 0.0160. The van der Waals surface area contributed by atoms with Gasteiger partial charge in [0.25, 0.3) is 10.1 Å². The van der Waals surface area contributed by atoms with E-state index >= 15 is 0 Å². The van der Waals surface area contributed by atoms with Crippen molar-refractivity contribution >= 4 is 44.4 Å². The van der Waals surface area contributed by atoms with Crippen LogP contribution in [-0.2, 0) is 21.5 Å². The summed E-state index contributed by atoms with van der Waals surface area (Å²) in [5, 5.41) is 12.5. The second-order valence-electron chi connectivity index (χ2n) is 9.07. The van der Waals surface area contributed by atoms with Crippen LogP contribution in [0.2, 0.25) is 5.02 Å². The smallest absolute Gasteiger partial charge is 0.261 e. The zero-order valence-electron chi connectivity index (χ0n) is 20.6. The molecule has 0 aliphatic carbocycles. The number of nitrogens with zero attached hydrogens (tertiary/aromatic N) is 2. The number of amides is 1. The van der Waals surface area contributed by atoms with E-state index in [9.17, 15) is 13.2 Å². The second kappa shape index (κ2) is 11.5. The highest BCUT2D eigenvalue weighted by molar-refractivity contribution is 7.85. The number of carbonyl (C=O) groups excluding carboxylic acids is 1. The molecule has 1 atom stereocenters. The Labute approximate surface area is 220 Å². The Morgan fingerprint density at radius 3 is 2.65 bits per heavy atom. The van der Waals surface area contributed by atoms with Crippen molar-refractivity contribution in [2.45, 2.75) is 38.8 Å². The number of halogens is 1. The molecule has 2 aromatic carbocycles. The van der Waals surface area contributed by atoms with Gasteiger partial charge in [0, 0.05) is 45.8 Å². The van der Waals surface area contributed by atoms with Crippen molar-refractivity contribution in [2.75, 3.05) is 18.1 Å². The summed E-state index contributed by atoms with van der Waals surface area (Å²) < 4.78 is 34.0. The third-order valence-electron chi connectivity index (χ3n) is 5.88. The second-order valence-corrected chi connectivity index (χ2v) is 11.0. The number of nitrogens with one attached hydrogen (secondary N) is 2. The molecule has 0 spiro atoms. The van der Waals surface area contributed by atoms with Gasteiger partial charge in [-0.05, 0) is 44.5 Å². The van der Waals surface area contributed by atoms with Crippen LogP contribution >= 0.6 is 11.6 Å². The monoisotopic (exact) mass is 544 g/mol. The Hall–Kier alpha value is -3.18. The van der Waals surface area contributed by atoms with Crippen molar-refractivity contribution in [3.63, 3.8) is 0 Å². The van der Waals surface area contributed by atoms with Crippen molar-refractivity contribution < 1.29 is 22.2 Å². The van der Waals surface area contributed by atoms with Gasteiger partial charge in [0.1, 0.15) is 11.3 Å². The van der Waals surface area contributed by atoms with E-state index in [1.54, 1.807) is 0 Å². The first kappa shape index (κ1) is 26.9. The summed E-state index contributed by atoms with van der Waals surface area (Å²) in [6.07, 6.45) is 3.35. The van der Waals surface area contributed by atoms with Crippen molar-refractivity contribution in [1.82, 2.24) is 15.1 Å². The van der Waals surface area contributed by atoms with Crippen LogP contribution in [0.5, 0.6) is 0 Å². The van der Waals surface area contributed by atoms with E-state index < -0.39 is 10.1 Å². The topological polar surface area (TPSA) is 126 Å². The van der Waals surface area contributed by atoms with Gasteiger partial charge in [-0.2, -0.15) is 13.5 Å². The number of benzene rings is 2. The van der Waals surface area contributed by atoms with Gasteiger partial charge < -0.3 is 15.1 Å². The zero-order valence-corrected chi connectivity index (χ0v) is 22.1. The van der Waals surface area contributed by atoms with Crippen LogP contribution in [0.3, 0.4) is 0 Å². The van der Waals surface area contributed by atoms with Crippen LogP contribution in [0.25, 0.3) is 22.3 Å². The molecule has 0 bridgehead atoms. The van der Waals surface area contributed by atoms with Crippen LogP contribution in [0.15, 0.2) is 59.0 Å². The van der Waals surface area contributed by atoms with Crippen LogP contribution in [0, 0.1) is 6.92 Å². The number of carbonyl (C=O) groups is 1. The minimum atomic E-state index is -3.67. The first-order chi connectivity index (χ1) is 17.5. The number of furan rings is 1. The Morgan fingerprint density at radius 2 is 1.97 bits per heavy atom. The number of aryl methyl sites for hydroxylation is 1. The molecule has 196 valence electrons. The van der Waals surface area contributed by atoms with Gasteiger partial charge in [-0.3, -0.25) is 14.0 Å². The van der Waals surface area contributed by atoms with Gasteiger partial charge in [-0.1, -0.05) is 41.9 Å². The molecule has 37 heavy (non-hydrogen) atoms. The molecule has 4 aromatic rings. The third-order valence-corrected chi connectivity index (χ3v) is 6.10. The molecule has 2 aromatic heterocycles. The summed E-state index contributed by atoms with van der Waals surface area (Å²) in [4.78, 5) is 12.4. The molecule has 11 heteroatoms. The molecule has 9 nitrogen and oxygen atoms in total. The normalized spacial score (nSPS) is 15.4. The van der Waals surface area contributed by atoms with Crippen LogP contribution < -0.4 is 10.6 Å². The lowest BCUT2D eigenvalue weighted by Crippen LogP contribution is -2.27. The van der Waals surface area contributed by atoms with Crippen LogP contribution in [0.1, 0.15) is 30.5 Å². The molecule has 0 radical (unpaired) electrons. The summed E-state index contributed by atoms with van der Waals surface area (Å²) in [5.74, 6) is 1.35. The maximum absolute atomic E-state index is 12.4. The van der Waals surface area contributed by atoms with Crippen LogP contribution in [-0.4, -0.2) is 47.5 Å². The number of hydrogen-bond acceptors (Lipinski definition) is 6. The van der Waals surface area contributed by atoms with Gasteiger partial charge >= 0.3 is 0 Å². The first-order valence-corrected chi connectivity index (χ1v) is 14.1. The molecule has 1 amide bonds. The Balaban J connectivity index is 0.000000586. The van der Waals surface area contributed by atoms with E-state index in [2.05, 4.69) is 15.7 Å². The third kappa shape index (κ3) is 7.65. The highest BCUT2D eigenvalue weighted by Gasteiger charge is 2.19. The highest BCUT2D eigenvalue weighted by atomic mass is 35.5. The van der Waals surface area contributed by atoms with Crippen molar-refractivity contribution in [1.29, 1.82) is 0 Å². The molecule has 0 saturated carbocycles. The molecular formula is C26H29ClN4O5S. The standard InChI is InChI=1S/C25H25ClN4O2.CH4O3S/c1-16-10-23(28-24(31)14-21-8-5-9-27-21)29-30(16)15-19-12-20(26)11-18-13-22(32-25(18)19)17-6-3-2-4-7-17;1-5(2,3)4/h2-4,6-7,10-13,21,27H,5,8-9,14-15H2,1H3,(H,28,29,31);1H3,(H,2,3,4)/t21-;/m1./s1. The Kier molecular flexibility index (Phi) is 8.33. The summed E-state index contributed by atoms with van der Waals surface area (Å²) in [7, 11) is -3.67. The molecule has 3 N–H and O–H groups in total. The van der Waals surface area contributed by atoms with E-state index in [0.717, 1.165) is 52.9 Å². The lowest BCUT2D eigenvalue weighted by Gasteiger charge is -2.09. The fourth-order valence-electron chi connectivity index (χ4n) is 4.29. The lowest BCUT2D eigenvalue weighted by molar-refractivity contribution is -0.116. The quantitative estimate of drug-likeness (QED) is 0.295. The maximum Gasteiger partial charge on any atom is 0.261 e. The number of rotatable bonds is 6. The summed E-state index contributed by atoms with van der Waals surface area (Å²) in [5.41, 5.74) is 3.69. The van der Waals surface area contributed by atoms with E-state index in [1.165, 1.54) is 0 Å². The van der Waals surface area contributed by atoms with Crippen LogP contribution in [0.4, 0.5) is 5.82 Å². The SMILES string of the molecule is CS(=O)(=O)O.Cc1cc(NC(=O)C[C@H]2CCCN2)nn1Cc1cc(Cl)cc2cc(-c3ccccc3)oc12. The molecule has 1 aliphatic heterocycles. The molecule has 0 unspecified atom stereocenters. The molecule has 3 heterocycles. The van der Waals surface area contributed by atoms with E-state index in [0.29, 0.717) is 30.1 Å². The summed E-state index contributed by atoms with van der Waals surface area (Å²) in [6.45, 7) is 3.45. The largest absolute Gasteiger partial charge is 0.456 e. The molecular weight excluding hydrogens is 516 g/mol. The lowest BCUT2D eigenvalue weighted by atomic mass is 10.1. The van der Waals surface area contributed by atoms with Gasteiger partial charge in [0.2, 0.25) is 5.91 Å². The predicted molar refractivity (Wildman–Crippen MR) is 144 cm³/mol. The maximum atomic E-state index is 12.4. The van der Waals surface area contributed by atoms with Crippen molar-refractivity contribution in [3.8, 4) is 11.3 Å². The molecule has 1 fully saturated rings. The Bertz CT molecular complexity index is 1480.